The largest absolute Gasteiger partial charge is 0.465 e. The van der Waals surface area contributed by atoms with Crippen molar-refractivity contribution in [2.75, 3.05) is 32.8 Å². The summed E-state index contributed by atoms with van der Waals surface area (Å²) in [5.41, 5.74) is 0. The summed E-state index contributed by atoms with van der Waals surface area (Å²) >= 11 is 0. The van der Waals surface area contributed by atoms with Crippen LogP contribution < -0.4 is 5.32 Å². The Hall–Kier alpha value is -1.34. The van der Waals surface area contributed by atoms with Gasteiger partial charge < -0.3 is 25.2 Å². The van der Waals surface area contributed by atoms with Crippen LogP contribution in [0.15, 0.2) is 0 Å². The molecule has 1 heterocycles. The van der Waals surface area contributed by atoms with Crippen molar-refractivity contribution in [1.29, 1.82) is 0 Å². The number of aliphatic hydroxyl groups is 1. The molecule has 0 spiro atoms. The summed E-state index contributed by atoms with van der Waals surface area (Å²) in [5.74, 6) is -0.491. The van der Waals surface area contributed by atoms with Crippen LogP contribution in [-0.4, -0.2) is 66.1 Å². The Kier molecular flexibility index (Phi) is 5.00. The lowest BCUT2D eigenvalue weighted by molar-refractivity contribution is -0.124. The Labute approximate surface area is 93.0 Å². The zero-order valence-corrected chi connectivity index (χ0v) is 8.89. The molecule has 7 heteroatoms. The monoisotopic (exact) mass is 232 g/mol. The van der Waals surface area contributed by atoms with Gasteiger partial charge in [0.15, 0.2) is 0 Å². The molecule has 1 rings (SSSR count). The molecule has 0 saturated carbocycles. The van der Waals surface area contributed by atoms with Gasteiger partial charge in [-0.1, -0.05) is 0 Å². The summed E-state index contributed by atoms with van der Waals surface area (Å²) in [4.78, 5) is 22.9. The summed E-state index contributed by atoms with van der Waals surface area (Å²) in [6.07, 6.45) is -0.686. The van der Waals surface area contributed by atoms with Crippen LogP contribution in [-0.2, 0) is 9.53 Å². The maximum atomic E-state index is 10.8. The molecule has 92 valence electrons. The molecule has 1 saturated heterocycles. The number of carbonyl (C=O) groups excluding carboxylic acids is 1. The average molecular weight is 232 g/mol. The number of carbonyl (C=O) groups is 2. The maximum absolute atomic E-state index is 10.8. The number of carboxylic acid groups (broad SMARTS) is 1. The van der Waals surface area contributed by atoms with E-state index in [0.717, 1.165) is 0 Å². The quantitative estimate of drug-likeness (QED) is 0.571. The summed E-state index contributed by atoms with van der Waals surface area (Å²) in [6.45, 7) is 0.794. The van der Waals surface area contributed by atoms with Crippen LogP contribution in [0.1, 0.15) is 6.42 Å². The van der Waals surface area contributed by atoms with E-state index in [2.05, 4.69) is 5.32 Å². The number of hydrogen-bond donors (Lipinski definition) is 3. The van der Waals surface area contributed by atoms with Gasteiger partial charge in [0.05, 0.1) is 12.6 Å². The number of ether oxygens (including phenoxy) is 1. The fraction of sp³-hybridized carbons (Fsp3) is 0.778. The first-order chi connectivity index (χ1) is 7.63. The van der Waals surface area contributed by atoms with Crippen LogP contribution in [0.3, 0.4) is 0 Å². The Bertz CT molecular complexity index is 258. The predicted octanol–water partition coefficient (Wildman–Crippen LogP) is -1.14. The number of nitrogens with one attached hydrogen (secondary N) is 1. The molecule has 1 atom stereocenters. The van der Waals surface area contributed by atoms with E-state index in [4.69, 9.17) is 14.9 Å². The topological polar surface area (TPSA) is 99.1 Å². The van der Waals surface area contributed by atoms with Crippen LogP contribution in [0.25, 0.3) is 0 Å². The smallest absolute Gasteiger partial charge is 0.407 e. The molecule has 1 unspecified atom stereocenters. The first-order valence-corrected chi connectivity index (χ1v) is 5.10. The summed E-state index contributed by atoms with van der Waals surface area (Å²) in [7, 11) is 0. The van der Waals surface area contributed by atoms with Gasteiger partial charge in [-0.05, 0) is 6.42 Å². The molecule has 0 aromatic rings. The van der Waals surface area contributed by atoms with E-state index in [1.807, 2.05) is 0 Å². The third-order valence-corrected chi connectivity index (χ3v) is 2.29. The van der Waals surface area contributed by atoms with Crippen molar-refractivity contribution in [3.8, 4) is 0 Å². The third-order valence-electron chi connectivity index (χ3n) is 2.29. The number of rotatable bonds is 3. The van der Waals surface area contributed by atoms with E-state index in [1.165, 1.54) is 4.90 Å². The van der Waals surface area contributed by atoms with E-state index in [-0.39, 0.29) is 19.2 Å². The molecule has 1 fully saturated rings. The lowest BCUT2D eigenvalue weighted by Crippen LogP contribution is -2.42. The lowest BCUT2D eigenvalue weighted by Gasteiger charge is -2.21. The minimum atomic E-state index is -0.982. The second-order valence-corrected chi connectivity index (χ2v) is 3.54. The fourth-order valence-corrected chi connectivity index (χ4v) is 1.48. The predicted molar refractivity (Wildman–Crippen MR) is 54.1 cm³/mol. The number of nitrogens with zero attached hydrogens (tertiary/aromatic N) is 1. The number of aliphatic hydroxyl groups excluding tert-OH is 1. The Morgan fingerprint density at radius 2 is 2.25 bits per heavy atom. The number of hydrogen-bond acceptors (Lipinski definition) is 4. The summed E-state index contributed by atoms with van der Waals surface area (Å²) in [5, 5.41) is 19.8. The van der Waals surface area contributed by atoms with Gasteiger partial charge in [0.1, 0.15) is 6.61 Å². The maximum Gasteiger partial charge on any atom is 0.407 e. The molecule has 3 N–H and O–H groups in total. The van der Waals surface area contributed by atoms with Crippen molar-refractivity contribution in [3.05, 3.63) is 0 Å². The van der Waals surface area contributed by atoms with E-state index < -0.39 is 18.6 Å². The van der Waals surface area contributed by atoms with Gasteiger partial charge in [-0.15, -0.1) is 0 Å². The molecule has 0 aliphatic carbocycles. The lowest BCUT2D eigenvalue weighted by atomic mass is 10.3. The SMILES string of the molecule is O=C(CO)NCC1CN(C(=O)O)CCCO1. The highest BCUT2D eigenvalue weighted by Gasteiger charge is 2.22. The van der Waals surface area contributed by atoms with Gasteiger partial charge in [-0.3, -0.25) is 4.79 Å². The van der Waals surface area contributed by atoms with Crippen molar-refractivity contribution in [1.82, 2.24) is 10.2 Å². The van der Waals surface area contributed by atoms with Gasteiger partial charge in [0, 0.05) is 19.7 Å². The molecule has 1 aliphatic heterocycles. The second-order valence-electron chi connectivity index (χ2n) is 3.54. The zero-order chi connectivity index (χ0) is 12.0. The van der Waals surface area contributed by atoms with Crippen molar-refractivity contribution in [2.24, 2.45) is 0 Å². The summed E-state index contributed by atoms with van der Waals surface area (Å²) < 4.78 is 5.38. The molecule has 16 heavy (non-hydrogen) atoms. The zero-order valence-electron chi connectivity index (χ0n) is 8.89. The van der Waals surface area contributed by atoms with Gasteiger partial charge in [-0.25, -0.2) is 4.79 Å². The standard InChI is InChI=1S/C9H16N2O5/c12-6-8(13)10-4-7-5-11(9(14)15)2-1-3-16-7/h7,12H,1-6H2,(H,10,13)(H,14,15). The molecular weight excluding hydrogens is 216 g/mol. The average Bonchev–Trinajstić information content (AvgIpc) is 2.51. The highest BCUT2D eigenvalue weighted by atomic mass is 16.5. The van der Waals surface area contributed by atoms with Gasteiger partial charge in [0.25, 0.3) is 0 Å². The minimum Gasteiger partial charge on any atom is -0.465 e. The van der Waals surface area contributed by atoms with E-state index >= 15 is 0 Å². The molecule has 0 bridgehead atoms. The Morgan fingerprint density at radius 1 is 1.50 bits per heavy atom. The third kappa shape index (κ3) is 4.03. The highest BCUT2D eigenvalue weighted by molar-refractivity contribution is 5.76. The molecule has 0 radical (unpaired) electrons. The van der Waals surface area contributed by atoms with Crippen LogP contribution in [0.2, 0.25) is 0 Å². The van der Waals surface area contributed by atoms with Gasteiger partial charge in [-0.2, -0.15) is 0 Å². The van der Waals surface area contributed by atoms with Gasteiger partial charge >= 0.3 is 6.09 Å². The summed E-state index contributed by atoms with van der Waals surface area (Å²) in [6, 6.07) is 0. The van der Waals surface area contributed by atoms with Crippen molar-refractivity contribution < 1.29 is 24.5 Å². The molecule has 0 aromatic carbocycles. The molecule has 7 nitrogen and oxygen atoms in total. The van der Waals surface area contributed by atoms with E-state index in [9.17, 15) is 9.59 Å². The van der Waals surface area contributed by atoms with Crippen LogP contribution in [0, 0.1) is 0 Å². The van der Waals surface area contributed by atoms with Crippen LogP contribution in [0.5, 0.6) is 0 Å². The first kappa shape index (κ1) is 12.7. The van der Waals surface area contributed by atoms with E-state index in [0.29, 0.717) is 19.6 Å². The Balaban J connectivity index is 2.39. The molecule has 2 amide bonds. The molecular formula is C9H16N2O5. The van der Waals surface area contributed by atoms with Crippen LogP contribution in [0.4, 0.5) is 4.79 Å². The van der Waals surface area contributed by atoms with E-state index in [1.54, 1.807) is 0 Å². The Morgan fingerprint density at radius 3 is 2.88 bits per heavy atom. The second kappa shape index (κ2) is 6.29. The molecule has 0 aromatic heterocycles. The fourth-order valence-electron chi connectivity index (χ4n) is 1.48. The van der Waals surface area contributed by atoms with Crippen molar-refractivity contribution in [3.63, 3.8) is 0 Å². The molecule has 1 aliphatic rings. The van der Waals surface area contributed by atoms with Crippen LogP contribution >= 0.6 is 0 Å². The first-order valence-electron chi connectivity index (χ1n) is 5.10. The van der Waals surface area contributed by atoms with Crippen molar-refractivity contribution in [2.45, 2.75) is 12.5 Å². The minimum absolute atomic E-state index is 0.211. The number of amides is 2. The normalized spacial score (nSPS) is 21.3. The van der Waals surface area contributed by atoms with Crippen molar-refractivity contribution >= 4 is 12.0 Å². The highest BCUT2D eigenvalue weighted by Crippen LogP contribution is 2.05. The van der Waals surface area contributed by atoms with Gasteiger partial charge in [0.2, 0.25) is 5.91 Å².